The van der Waals surface area contributed by atoms with Gasteiger partial charge in [-0.25, -0.2) is 15.0 Å². The van der Waals surface area contributed by atoms with Gasteiger partial charge in [0.2, 0.25) is 0 Å². The van der Waals surface area contributed by atoms with Crippen molar-refractivity contribution in [3.63, 3.8) is 0 Å². The van der Waals surface area contributed by atoms with Crippen molar-refractivity contribution in [2.45, 2.75) is 44.0 Å². The van der Waals surface area contributed by atoms with Gasteiger partial charge < -0.3 is 14.2 Å². The molecule has 152 valence electrons. The number of nitrogens with zero attached hydrogens (tertiary/aromatic N) is 5. The second-order valence-corrected chi connectivity index (χ2v) is 8.98. The highest BCUT2D eigenvalue weighted by atomic mass is 32.2. The minimum atomic E-state index is 0.313. The lowest BCUT2D eigenvalue weighted by atomic mass is 10.1. The van der Waals surface area contributed by atoms with E-state index < -0.39 is 0 Å². The van der Waals surface area contributed by atoms with Gasteiger partial charge in [0.1, 0.15) is 11.5 Å². The molecule has 5 rings (SSSR count). The molecule has 0 aromatic carbocycles. The topological polar surface area (TPSA) is 56.1 Å². The summed E-state index contributed by atoms with van der Waals surface area (Å²) in [5.41, 5.74) is 3.23. The highest BCUT2D eigenvalue weighted by molar-refractivity contribution is 7.99. The second-order valence-electron chi connectivity index (χ2n) is 7.91. The van der Waals surface area contributed by atoms with Gasteiger partial charge >= 0.3 is 0 Å². The molecule has 2 fully saturated rings. The van der Waals surface area contributed by atoms with E-state index in [-0.39, 0.29) is 0 Å². The molecule has 2 aliphatic rings. The Bertz CT molecular complexity index is 1040. The van der Waals surface area contributed by atoms with Crippen LogP contribution in [-0.4, -0.2) is 56.8 Å². The van der Waals surface area contributed by atoms with Crippen LogP contribution < -0.4 is 4.90 Å². The number of ether oxygens (including phenoxy) is 1. The Hall–Kier alpha value is -2.12. The molecule has 0 N–H and O–H groups in total. The maximum atomic E-state index is 5.65. The number of thioether (sulfide) groups is 1. The molecule has 3 atom stereocenters. The monoisotopic (exact) mass is 409 g/mol. The summed E-state index contributed by atoms with van der Waals surface area (Å²) in [6, 6.07) is 6.71. The van der Waals surface area contributed by atoms with Gasteiger partial charge in [-0.05, 0) is 38.7 Å². The van der Waals surface area contributed by atoms with E-state index in [1.54, 1.807) is 0 Å². The lowest BCUT2D eigenvalue weighted by Gasteiger charge is -2.34. The Morgan fingerprint density at radius 3 is 2.93 bits per heavy atom. The van der Waals surface area contributed by atoms with E-state index in [4.69, 9.17) is 14.7 Å². The number of aryl methyl sites for hydroxylation is 1. The lowest BCUT2D eigenvalue weighted by molar-refractivity contribution is 0.0985. The van der Waals surface area contributed by atoms with Crippen LogP contribution in [0.3, 0.4) is 0 Å². The summed E-state index contributed by atoms with van der Waals surface area (Å²) in [6.45, 7) is 7.59. The molecule has 4 heterocycles. The summed E-state index contributed by atoms with van der Waals surface area (Å²) in [6.07, 6.45) is 7.37. The molecule has 0 radical (unpaired) electrons. The second kappa shape index (κ2) is 7.61. The zero-order chi connectivity index (χ0) is 20.0. The molecular formula is C22H27N5OS. The Kier molecular flexibility index (Phi) is 4.95. The van der Waals surface area contributed by atoms with Crippen molar-refractivity contribution in [1.29, 1.82) is 0 Å². The maximum Gasteiger partial charge on any atom is 0.162 e. The van der Waals surface area contributed by atoms with Crippen LogP contribution in [0.2, 0.25) is 0 Å². The SMILES string of the molecule is CCn1ccc2c(-c3nc(C4CC4SC)cc(N4CCOCC4C)n3)ccnc21. The van der Waals surface area contributed by atoms with Gasteiger partial charge in [-0.3, -0.25) is 0 Å². The summed E-state index contributed by atoms with van der Waals surface area (Å²) in [4.78, 5) is 17.0. The van der Waals surface area contributed by atoms with E-state index in [9.17, 15) is 0 Å². The van der Waals surface area contributed by atoms with Crippen molar-refractivity contribution in [3.8, 4) is 11.4 Å². The molecule has 0 spiro atoms. The van der Waals surface area contributed by atoms with Crippen molar-refractivity contribution in [3.05, 3.63) is 36.3 Å². The number of aromatic nitrogens is 4. The van der Waals surface area contributed by atoms with Gasteiger partial charge in [-0.1, -0.05) is 0 Å². The van der Waals surface area contributed by atoms with Gasteiger partial charge in [0.15, 0.2) is 5.82 Å². The first kappa shape index (κ1) is 18.9. The summed E-state index contributed by atoms with van der Waals surface area (Å²) in [7, 11) is 0. The Balaban J connectivity index is 1.63. The van der Waals surface area contributed by atoms with Crippen molar-refractivity contribution >= 4 is 28.6 Å². The molecule has 1 aliphatic heterocycles. The van der Waals surface area contributed by atoms with E-state index in [1.165, 1.54) is 12.1 Å². The van der Waals surface area contributed by atoms with E-state index in [0.717, 1.165) is 54.5 Å². The van der Waals surface area contributed by atoms with Crippen LogP contribution in [0.25, 0.3) is 22.4 Å². The fourth-order valence-corrected chi connectivity index (χ4v) is 5.13. The molecule has 29 heavy (non-hydrogen) atoms. The number of anilines is 1. The predicted molar refractivity (Wildman–Crippen MR) is 119 cm³/mol. The molecule has 3 aromatic heterocycles. The average Bonchev–Trinajstić information content (AvgIpc) is 3.43. The quantitative estimate of drug-likeness (QED) is 0.636. The van der Waals surface area contributed by atoms with E-state index in [2.05, 4.69) is 52.9 Å². The Labute approximate surface area is 175 Å². The highest BCUT2D eigenvalue weighted by Crippen LogP contribution is 2.48. The third kappa shape index (κ3) is 3.40. The van der Waals surface area contributed by atoms with Crippen LogP contribution in [0.15, 0.2) is 30.6 Å². The van der Waals surface area contributed by atoms with Crippen molar-refractivity contribution in [2.24, 2.45) is 0 Å². The molecule has 3 aromatic rings. The maximum absolute atomic E-state index is 5.65. The van der Waals surface area contributed by atoms with Crippen molar-refractivity contribution < 1.29 is 4.74 Å². The minimum absolute atomic E-state index is 0.313. The Morgan fingerprint density at radius 1 is 1.28 bits per heavy atom. The predicted octanol–water partition coefficient (Wildman–Crippen LogP) is 3.96. The van der Waals surface area contributed by atoms with Crippen molar-refractivity contribution in [1.82, 2.24) is 19.5 Å². The van der Waals surface area contributed by atoms with E-state index >= 15 is 0 Å². The van der Waals surface area contributed by atoms with Crippen LogP contribution in [0.5, 0.6) is 0 Å². The molecule has 1 saturated carbocycles. The molecule has 1 saturated heterocycles. The van der Waals surface area contributed by atoms with Crippen LogP contribution in [0, 0.1) is 0 Å². The summed E-state index contributed by atoms with van der Waals surface area (Å²) < 4.78 is 7.81. The number of rotatable bonds is 5. The van der Waals surface area contributed by atoms with Crippen molar-refractivity contribution in [2.75, 3.05) is 30.9 Å². The molecule has 3 unspecified atom stereocenters. The first-order chi connectivity index (χ1) is 14.2. The number of morpholine rings is 1. The molecule has 0 amide bonds. The van der Waals surface area contributed by atoms with Crippen LogP contribution in [0.4, 0.5) is 5.82 Å². The number of pyridine rings is 1. The summed E-state index contributed by atoms with van der Waals surface area (Å²) in [5, 5.41) is 1.79. The fourth-order valence-electron chi connectivity index (χ4n) is 4.26. The minimum Gasteiger partial charge on any atom is -0.377 e. The smallest absolute Gasteiger partial charge is 0.162 e. The molecular weight excluding hydrogens is 382 g/mol. The van der Waals surface area contributed by atoms with Gasteiger partial charge in [0.25, 0.3) is 0 Å². The van der Waals surface area contributed by atoms with E-state index in [0.29, 0.717) is 17.2 Å². The number of hydrogen-bond donors (Lipinski definition) is 0. The lowest BCUT2D eigenvalue weighted by Crippen LogP contribution is -2.44. The zero-order valence-corrected chi connectivity index (χ0v) is 18.0. The molecule has 6 nitrogen and oxygen atoms in total. The Morgan fingerprint density at radius 2 is 2.17 bits per heavy atom. The highest BCUT2D eigenvalue weighted by Gasteiger charge is 2.39. The summed E-state index contributed by atoms with van der Waals surface area (Å²) in [5.74, 6) is 2.36. The fraction of sp³-hybridized carbons (Fsp3) is 0.500. The van der Waals surface area contributed by atoms with E-state index in [1.807, 2.05) is 24.0 Å². The first-order valence-corrected chi connectivity index (χ1v) is 11.7. The molecule has 0 bridgehead atoms. The van der Waals surface area contributed by atoms with Crippen LogP contribution >= 0.6 is 11.8 Å². The normalized spacial score (nSPS) is 24.2. The third-order valence-electron chi connectivity index (χ3n) is 6.05. The number of hydrogen-bond acceptors (Lipinski definition) is 6. The van der Waals surface area contributed by atoms with Gasteiger partial charge in [0.05, 0.1) is 24.9 Å². The number of fused-ring (bicyclic) bond motifs is 1. The largest absolute Gasteiger partial charge is 0.377 e. The third-order valence-corrected chi connectivity index (χ3v) is 7.18. The average molecular weight is 410 g/mol. The van der Waals surface area contributed by atoms with Gasteiger partial charge in [0, 0.05) is 53.7 Å². The zero-order valence-electron chi connectivity index (χ0n) is 17.2. The first-order valence-electron chi connectivity index (χ1n) is 10.4. The van der Waals surface area contributed by atoms with Crippen LogP contribution in [-0.2, 0) is 11.3 Å². The van der Waals surface area contributed by atoms with Gasteiger partial charge in [-0.2, -0.15) is 11.8 Å². The van der Waals surface area contributed by atoms with Gasteiger partial charge in [-0.15, -0.1) is 0 Å². The van der Waals surface area contributed by atoms with Crippen LogP contribution in [0.1, 0.15) is 31.9 Å². The summed E-state index contributed by atoms with van der Waals surface area (Å²) >= 11 is 1.94. The molecule has 7 heteroatoms. The standard InChI is InChI=1S/C22H27N5OS/c1-4-26-8-6-16-15(5-7-23-22(16)26)21-24-18(17-11-19(17)29-3)12-20(25-21)27-9-10-28-13-14(27)2/h5-8,12,14,17,19H,4,9-11,13H2,1-3H3. The molecule has 1 aliphatic carbocycles.